The standard InChI is InChI=1S/C22H24N4O/c1-6-26(18-9-10-19-21(12-18)25(5)13-23-19)20-11-17(8-7-14(20)2)22-15(3)24-27-16(22)4/h7-13H,6H2,1-5H3. The van der Waals surface area contributed by atoms with Gasteiger partial charge >= 0.3 is 0 Å². The van der Waals surface area contributed by atoms with Gasteiger partial charge in [0.15, 0.2) is 0 Å². The van der Waals surface area contributed by atoms with E-state index in [-0.39, 0.29) is 0 Å². The second kappa shape index (κ2) is 6.58. The predicted octanol–water partition coefficient (Wildman–Crippen LogP) is 5.31. The number of anilines is 2. The zero-order valence-corrected chi connectivity index (χ0v) is 16.4. The molecule has 0 aliphatic rings. The van der Waals surface area contributed by atoms with Crippen molar-refractivity contribution < 1.29 is 4.52 Å². The topological polar surface area (TPSA) is 47.1 Å². The molecule has 2 aromatic heterocycles. The van der Waals surface area contributed by atoms with Crippen LogP contribution >= 0.6 is 0 Å². The highest BCUT2D eigenvalue weighted by molar-refractivity contribution is 5.83. The third-order valence-corrected chi connectivity index (χ3v) is 5.16. The normalized spacial score (nSPS) is 11.3. The van der Waals surface area contributed by atoms with Crippen LogP contribution in [0.2, 0.25) is 0 Å². The van der Waals surface area contributed by atoms with Gasteiger partial charge in [0, 0.05) is 30.5 Å². The van der Waals surface area contributed by atoms with Crippen LogP contribution in [-0.4, -0.2) is 21.3 Å². The molecule has 0 saturated heterocycles. The second-order valence-electron chi connectivity index (χ2n) is 6.97. The van der Waals surface area contributed by atoms with Crippen molar-refractivity contribution in [2.24, 2.45) is 7.05 Å². The number of fused-ring (bicyclic) bond motifs is 1. The van der Waals surface area contributed by atoms with E-state index >= 15 is 0 Å². The summed E-state index contributed by atoms with van der Waals surface area (Å²) in [4.78, 5) is 6.77. The summed E-state index contributed by atoms with van der Waals surface area (Å²) in [5.41, 5.74) is 8.86. The zero-order valence-electron chi connectivity index (χ0n) is 16.4. The molecule has 5 heteroatoms. The molecule has 2 heterocycles. The number of imidazole rings is 1. The van der Waals surface area contributed by atoms with Gasteiger partial charge in [-0.25, -0.2) is 4.98 Å². The molecule has 0 saturated carbocycles. The quantitative estimate of drug-likeness (QED) is 0.495. The predicted molar refractivity (Wildman–Crippen MR) is 110 cm³/mol. The number of aromatic nitrogens is 3. The highest BCUT2D eigenvalue weighted by Crippen LogP contribution is 2.35. The first kappa shape index (κ1) is 17.3. The summed E-state index contributed by atoms with van der Waals surface area (Å²) < 4.78 is 7.43. The van der Waals surface area contributed by atoms with E-state index in [1.54, 1.807) is 0 Å². The molecule has 0 spiro atoms. The van der Waals surface area contributed by atoms with Crippen molar-refractivity contribution in [1.82, 2.24) is 14.7 Å². The van der Waals surface area contributed by atoms with Crippen LogP contribution in [-0.2, 0) is 7.05 Å². The van der Waals surface area contributed by atoms with Crippen LogP contribution in [0, 0.1) is 20.8 Å². The van der Waals surface area contributed by atoms with Crippen LogP contribution in [0.1, 0.15) is 23.9 Å². The van der Waals surface area contributed by atoms with E-state index in [2.05, 4.69) is 69.9 Å². The van der Waals surface area contributed by atoms with Crippen molar-refractivity contribution in [3.63, 3.8) is 0 Å². The van der Waals surface area contributed by atoms with Gasteiger partial charge in [0.25, 0.3) is 0 Å². The summed E-state index contributed by atoms with van der Waals surface area (Å²) in [6.07, 6.45) is 1.86. The lowest BCUT2D eigenvalue weighted by Crippen LogP contribution is -2.17. The minimum absolute atomic E-state index is 0.849. The lowest BCUT2D eigenvalue weighted by atomic mass is 10.0. The van der Waals surface area contributed by atoms with E-state index in [4.69, 9.17) is 4.52 Å². The summed E-state index contributed by atoms with van der Waals surface area (Å²) >= 11 is 0. The van der Waals surface area contributed by atoms with E-state index < -0.39 is 0 Å². The molecule has 0 N–H and O–H groups in total. The maximum absolute atomic E-state index is 5.37. The fourth-order valence-electron chi connectivity index (χ4n) is 3.73. The second-order valence-corrected chi connectivity index (χ2v) is 6.97. The number of benzene rings is 2. The Morgan fingerprint density at radius 2 is 1.89 bits per heavy atom. The maximum Gasteiger partial charge on any atom is 0.141 e. The molecule has 138 valence electrons. The monoisotopic (exact) mass is 360 g/mol. The molecule has 4 rings (SSSR count). The molecule has 27 heavy (non-hydrogen) atoms. The van der Waals surface area contributed by atoms with Crippen LogP contribution in [0.5, 0.6) is 0 Å². The third-order valence-electron chi connectivity index (χ3n) is 5.16. The summed E-state index contributed by atoms with van der Waals surface area (Å²) in [5.74, 6) is 0.849. The molecule has 0 amide bonds. The molecule has 0 radical (unpaired) electrons. The van der Waals surface area contributed by atoms with Gasteiger partial charge in [0.1, 0.15) is 5.76 Å². The van der Waals surface area contributed by atoms with Crippen molar-refractivity contribution in [2.75, 3.05) is 11.4 Å². The maximum atomic E-state index is 5.37. The molecule has 2 aromatic carbocycles. The number of hydrogen-bond donors (Lipinski definition) is 0. The highest BCUT2D eigenvalue weighted by Gasteiger charge is 2.16. The molecule has 0 aliphatic carbocycles. The van der Waals surface area contributed by atoms with Crippen LogP contribution in [0.15, 0.2) is 47.2 Å². The Morgan fingerprint density at radius 1 is 1.07 bits per heavy atom. The fraction of sp³-hybridized carbons (Fsp3) is 0.273. The Morgan fingerprint density at radius 3 is 2.59 bits per heavy atom. The molecule has 0 unspecified atom stereocenters. The van der Waals surface area contributed by atoms with Crippen LogP contribution < -0.4 is 4.90 Å². The lowest BCUT2D eigenvalue weighted by molar-refractivity contribution is 0.393. The number of aryl methyl sites for hydroxylation is 4. The minimum Gasteiger partial charge on any atom is -0.361 e. The van der Waals surface area contributed by atoms with Gasteiger partial charge in [-0.1, -0.05) is 17.3 Å². The van der Waals surface area contributed by atoms with Gasteiger partial charge in [0.05, 0.1) is 23.1 Å². The van der Waals surface area contributed by atoms with Gasteiger partial charge < -0.3 is 14.0 Å². The fourth-order valence-corrected chi connectivity index (χ4v) is 3.73. The minimum atomic E-state index is 0.849. The van der Waals surface area contributed by atoms with Crippen molar-refractivity contribution in [1.29, 1.82) is 0 Å². The van der Waals surface area contributed by atoms with Crippen LogP contribution in [0.4, 0.5) is 11.4 Å². The summed E-state index contributed by atoms with van der Waals surface area (Å²) in [7, 11) is 2.03. The van der Waals surface area contributed by atoms with Gasteiger partial charge in [-0.05, 0) is 63.1 Å². The average molecular weight is 360 g/mol. The van der Waals surface area contributed by atoms with E-state index in [1.807, 2.05) is 27.2 Å². The Balaban J connectivity index is 1.84. The summed E-state index contributed by atoms with van der Waals surface area (Å²) in [6, 6.07) is 13.0. The molecular formula is C22H24N4O. The molecule has 0 fully saturated rings. The molecule has 0 aliphatic heterocycles. The van der Waals surface area contributed by atoms with Gasteiger partial charge in [-0.3, -0.25) is 0 Å². The van der Waals surface area contributed by atoms with E-state index in [1.165, 1.54) is 11.3 Å². The third kappa shape index (κ3) is 2.89. The SMILES string of the molecule is CCN(c1ccc2ncn(C)c2c1)c1cc(-c2c(C)noc2C)ccc1C. The van der Waals surface area contributed by atoms with Crippen LogP contribution in [0.25, 0.3) is 22.2 Å². The van der Waals surface area contributed by atoms with Crippen LogP contribution in [0.3, 0.4) is 0 Å². The molecule has 5 nitrogen and oxygen atoms in total. The first-order valence-corrected chi connectivity index (χ1v) is 9.22. The van der Waals surface area contributed by atoms with Crippen molar-refractivity contribution in [3.05, 3.63) is 59.7 Å². The van der Waals surface area contributed by atoms with Gasteiger partial charge in [-0.2, -0.15) is 0 Å². The first-order valence-electron chi connectivity index (χ1n) is 9.22. The smallest absolute Gasteiger partial charge is 0.141 e. The Hall–Kier alpha value is -3.08. The Bertz CT molecular complexity index is 1100. The summed E-state index contributed by atoms with van der Waals surface area (Å²) in [6.45, 7) is 9.14. The summed E-state index contributed by atoms with van der Waals surface area (Å²) in [5, 5.41) is 4.11. The molecular weight excluding hydrogens is 336 g/mol. The van der Waals surface area contributed by atoms with Crippen molar-refractivity contribution >= 4 is 22.4 Å². The molecule has 0 bridgehead atoms. The average Bonchev–Trinajstić information content (AvgIpc) is 3.20. The number of hydrogen-bond acceptors (Lipinski definition) is 4. The number of nitrogens with zero attached hydrogens (tertiary/aromatic N) is 4. The van der Waals surface area contributed by atoms with E-state index in [9.17, 15) is 0 Å². The Kier molecular flexibility index (Phi) is 4.22. The van der Waals surface area contributed by atoms with Crippen molar-refractivity contribution in [2.45, 2.75) is 27.7 Å². The first-order chi connectivity index (χ1) is 13.0. The lowest BCUT2D eigenvalue weighted by Gasteiger charge is -2.26. The van der Waals surface area contributed by atoms with Crippen molar-refractivity contribution in [3.8, 4) is 11.1 Å². The highest BCUT2D eigenvalue weighted by atomic mass is 16.5. The van der Waals surface area contributed by atoms with Gasteiger partial charge in [0.2, 0.25) is 0 Å². The molecule has 0 atom stereocenters. The Labute approximate surface area is 159 Å². The largest absolute Gasteiger partial charge is 0.361 e. The zero-order chi connectivity index (χ0) is 19.1. The molecule has 4 aromatic rings. The number of rotatable bonds is 4. The van der Waals surface area contributed by atoms with Gasteiger partial charge in [-0.15, -0.1) is 0 Å². The van der Waals surface area contributed by atoms with E-state index in [0.29, 0.717) is 0 Å². The van der Waals surface area contributed by atoms with E-state index in [0.717, 1.165) is 45.8 Å².